The molecule has 2 N–H and O–H groups in total. The summed E-state index contributed by atoms with van der Waals surface area (Å²) < 4.78 is 0. The highest BCUT2D eigenvalue weighted by atomic mass is 16.2. The first-order valence-corrected chi connectivity index (χ1v) is 8.66. The second-order valence-electron chi connectivity index (χ2n) is 7.05. The molecule has 24 heavy (non-hydrogen) atoms. The van der Waals surface area contributed by atoms with E-state index in [2.05, 4.69) is 53.6 Å². The zero-order chi connectivity index (χ0) is 17.7. The van der Waals surface area contributed by atoms with Crippen LogP contribution in [0.4, 0.5) is 0 Å². The van der Waals surface area contributed by atoms with Crippen LogP contribution in [0.15, 0.2) is 24.3 Å². The number of benzene rings is 1. The number of likely N-dealkylation sites (N-methyl/N-ethyl adjacent to an activating group) is 1. The molecule has 5 heteroatoms. The van der Waals surface area contributed by atoms with Crippen LogP contribution < -0.4 is 10.6 Å². The van der Waals surface area contributed by atoms with Gasteiger partial charge in [-0.1, -0.05) is 36.8 Å². The quantitative estimate of drug-likeness (QED) is 0.764. The summed E-state index contributed by atoms with van der Waals surface area (Å²) in [5.74, 6) is 0.709. The van der Waals surface area contributed by atoms with E-state index in [-0.39, 0.29) is 23.8 Å². The van der Waals surface area contributed by atoms with Crippen molar-refractivity contribution in [1.29, 1.82) is 0 Å². The molecule has 1 aromatic carbocycles. The molecule has 0 radical (unpaired) electrons. The molecule has 1 saturated carbocycles. The molecule has 1 aromatic rings. The first-order chi connectivity index (χ1) is 11.4. The van der Waals surface area contributed by atoms with E-state index >= 15 is 0 Å². The summed E-state index contributed by atoms with van der Waals surface area (Å²) in [6, 6.07) is 8.51. The predicted molar refractivity (Wildman–Crippen MR) is 95.5 cm³/mol. The maximum absolute atomic E-state index is 12.0. The molecule has 132 valence electrons. The van der Waals surface area contributed by atoms with Crippen molar-refractivity contribution < 1.29 is 9.59 Å². The fourth-order valence-corrected chi connectivity index (χ4v) is 2.80. The molecule has 5 nitrogen and oxygen atoms in total. The molecule has 1 aliphatic rings. The van der Waals surface area contributed by atoms with Crippen LogP contribution in [-0.4, -0.2) is 43.9 Å². The van der Waals surface area contributed by atoms with Crippen molar-refractivity contribution in [1.82, 2.24) is 15.5 Å². The van der Waals surface area contributed by atoms with Crippen molar-refractivity contribution in [3.8, 4) is 0 Å². The van der Waals surface area contributed by atoms with E-state index in [0.29, 0.717) is 25.4 Å². The Morgan fingerprint density at radius 1 is 1.21 bits per heavy atom. The topological polar surface area (TPSA) is 61.4 Å². The third-order valence-corrected chi connectivity index (χ3v) is 4.68. The van der Waals surface area contributed by atoms with E-state index in [1.165, 1.54) is 11.1 Å². The number of carbonyl (C=O) groups is 2. The molecular weight excluding hydrogens is 302 g/mol. The minimum atomic E-state index is -0.0295. The molecule has 0 spiro atoms. The van der Waals surface area contributed by atoms with Crippen molar-refractivity contribution in [3.05, 3.63) is 35.4 Å². The number of amides is 2. The Labute approximate surface area is 144 Å². The van der Waals surface area contributed by atoms with Gasteiger partial charge >= 0.3 is 0 Å². The summed E-state index contributed by atoms with van der Waals surface area (Å²) in [5, 5.41) is 5.82. The monoisotopic (exact) mass is 331 g/mol. The predicted octanol–water partition coefficient (Wildman–Crippen LogP) is 1.88. The van der Waals surface area contributed by atoms with Crippen molar-refractivity contribution in [2.45, 2.75) is 32.7 Å². The van der Waals surface area contributed by atoms with Gasteiger partial charge in [0.2, 0.25) is 11.8 Å². The van der Waals surface area contributed by atoms with Gasteiger partial charge in [-0.2, -0.15) is 0 Å². The Bertz CT molecular complexity index is 568. The lowest BCUT2D eigenvalue weighted by Gasteiger charge is -2.25. The second-order valence-corrected chi connectivity index (χ2v) is 7.05. The van der Waals surface area contributed by atoms with E-state index < -0.39 is 0 Å². The second kappa shape index (κ2) is 8.29. The Morgan fingerprint density at radius 2 is 1.83 bits per heavy atom. The van der Waals surface area contributed by atoms with Crippen molar-refractivity contribution in [2.24, 2.45) is 11.8 Å². The normalized spacial score (nSPS) is 20.5. The number of carbonyl (C=O) groups excluding carboxylic acids is 2. The zero-order valence-corrected chi connectivity index (χ0v) is 15.1. The molecule has 0 unspecified atom stereocenters. The smallest absolute Gasteiger partial charge is 0.223 e. The van der Waals surface area contributed by atoms with Gasteiger partial charge in [-0.25, -0.2) is 0 Å². The van der Waals surface area contributed by atoms with Crippen LogP contribution >= 0.6 is 0 Å². The Morgan fingerprint density at radius 3 is 2.38 bits per heavy atom. The summed E-state index contributed by atoms with van der Waals surface area (Å²) >= 11 is 0. The highest BCUT2D eigenvalue weighted by molar-refractivity contribution is 5.82. The molecule has 1 fully saturated rings. The minimum absolute atomic E-state index is 0.0295. The van der Waals surface area contributed by atoms with E-state index in [1.807, 2.05) is 14.1 Å². The molecule has 2 amide bonds. The van der Waals surface area contributed by atoms with Crippen LogP contribution in [0.1, 0.15) is 36.9 Å². The highest BCUT2D eigenvalue weighted by Crippen LogP contribution is 2.37. The maximum atomic E-state index is 12.0. The van der Waals surface area contributed by atoms with Crippen molar-refractivity contribution >= 4 is 11.8 Å². The number of nitrogens with one attached hydrogen (secondary N) is 2. The van der Waals surface area contributed by atoms with Gasteiger partial charge in [0, 0.05) is 25.4 Å². The molecular formula is C19H29N3O2. The molecule has 0 aliphatic heterocycles. The third-order valence-electron chi connectivity index (χ3n) is 4.68. The summed E-state index contributed by atoms with van der Waals surface area (Å²) in [7, 11) is 4.02. The average molecular weight is 331 g/mol. The van der Waals surface area contributed by atoms with Crippen LogP contribution in [-0.2, 0) is 9.59 Å². The van der Waals surface area contributed by atoms with Crippen LogP contribution in [0.3, 0.4) is 0 Å². The fraction of sp³-hybridized carbons (Fsp3) is 0.579. The lowest BCUT2D eigenvalue weighted by Crippen LogP contribution is -2.36. The van der Waals surface area contributed by atoms with Gasteiger partial charge in [-0.15, -0.1) is 0 Å². The number of nitrogens with zero attached hydrogens (tertiary/aromatic N) is 1. The van der Waals surface area contributed by atoms with E-state index in [0.717, 1.165) is 6.42 Å². The molecule has 0 bridgehead atoms. The maximum Gasteiger partial charge on any atom is 0.223 e. The van der Waals surface area contributed by atoms with Crippen LogP contribution in [0, 0.1) is 18.8 Å². The molecule has 3 atom stereocenters. The van der Waals surface area contributed by atoms with Gasteiger partial charge in [0.1, 0.15) is 0 Å². The van der Waals surface area contributed by atoms with Crippen LogP contribution in [0.25, 0.3) is 0 Å². The van der Waals surface area contributed by atoms with Gasteiger partial charge < -0.3 is 15.5 Å². The minimum Gasteiger partial charge on any atom is -0.355 e. The van der Waals surface area contributed by atoms with Gasteiger partial charge in [-0.3, -0.25) is 9.59 Å². The summed E-state index contributed by atoms with van der Waals surface area (Å²) in [6.07, 6.45) is 1.29. The highest BCUT2D eigenvalue weighted by Gasteiger charge is 2.38. The van der Waals surface area contributed by atoms with Gasteiger partial charge in [0.15, 0.2) is 0 Å². The molecule has 1 aliphatic carbocycles. The average Bonchev–Trinajstić information content (AvgIpc) is 3.26. The molecule has 0 saturated heterocycles. The molecule has 0 heterocycles. The molecule has 0 aromatic heterocycles. The lowest BCUT2D eigenvalue weighted by molar-refractivity contribution is -0.123. The van der Waals surface area contributed by atoms with Crippen LogP contribution in [0.2, 0.25) is 0 Å². The van der Waals surface area contributed by atoms with E-state index in [4.69, 9.17) is 0 Å². The molecule has 2 rings (SSSR count). The lowest BCUT2D eigenvalue weighted by atomic mass is 10.0. The third kappa shape index (κ3) is 5.34. The van der Waals surface area contributed by atoms with E-state index in [1.54, 1.807) is 0 Å². The Kier molecular flexibility index (Phi) is 6.37. The van der Waals surface area contributed by atoms with Gasteiger partial charge in [-0.05, 0) is 38.9 Å². The van der Waals surface area contributed by atoms with Gasteiger partial charge in [0.25, 0.3) is 0 Å². The first-order valence-electron chi connectivity index (χ1n) is 8.66. The fourth-order valence-electron chi connectivity index (χ4n) is 2.80. The number of aryl methyl sites for hydroxylation is 1. The van der Waals surface area contributed by atoms with Crippen molar-refractivity contribution in [3.63, 3.8) is 0 Å². The number of rotatable bonds is 8. The van der Waals surface area contributed by atoms with Crippen LogP contribution in [0.5, 0.6) is 0 Å². The SMILES string of the molecule is Cc1ccc([C@H](CNC(=O)CCNC(=O)[C@H]2C[C@@H]2C)N(C)C)cc1. The summed E-state index contributed by atoms with van der Waals surface area (Å²) in [6.45, 7) is 5.10. The number of hydrogen-bond donors (Lipinski definition) is 2. The first kappa shape index (κ1) is 18.5. The standard InChI is InChI=1S/C19H29N3O2/c1-13-5-7-15(8-6-13)17(22(3)4)12-21-18(23)9-10-20-19(24)16-11-14(16)2/h5-8,14,16-17H,9-12H2,1-4H3,(H,20,24)(H,21,23)/t14-,16-,17-/m0/s1. The Balaban J connectivity index is 1.74. The summed E-state index contributed by atoms with van der Waals surface area (Å²) in [4.78, 5) is 25.8. The van der Waals surface area contributed by atoms with Gasteiger partial charge in [0.05, 0.1) is 6.04 Å². The van der Waals surface area contributed by atoms with Crippen molar-refractivity contribution in [2.75, 3.05) is 27.2 Å². The zero-order valence-electron chi connectivity index (χ0n) is 15.1. The largest absolute Gasteiger partial charge is 0.355 e. The Hall–Kier alpha value is -1.88. The summed E-state index contributed by atoms with van der Waals surface area (Å²) in [5.41, 5.74) is 2.41. The van der Waals surface area contributed by atoms with E-state index in [9.17, 15) is 9.59 Å². The number of hydrogen-bond acceptors (Lipinski definition) is 3.